The van der Waals surface area contributed by atoms with Gasteiger partial charge >= 0.3 is 0 Å². The van der Waals surface area contributed by atoms with Crippen molar-refractivity contribution in [3.63, 3.8) is 0 Å². The van der Waals surface area contributed by atoms with Gasteiger partial charge in [0.05, 0.1) is 0 Å². The fourth-order valence-corrected chi connectivity index (χ4v) is 2.12. The molecule has 1 aromatic rings. The van der Waals surface area contributed by atoms with Crippen LogP contribution in [-0.2, 0) is 4.79 Å². The van der Waals surface area contributed by atoms with Crippen molar-refractivity contribution in [1.82, 2.24) is 5.32 Å². The highest BCUT2D eigenvalue weighted by Gasteiger charge is 2.18. The van der Waals surface area contributed by atoms with E-state index < -0.39 is 0 Å². The fraction of sp³-hybridized carbons (Fsp3) is 0.400. The highest BCUT2D eigenvalue weighted by molar-refractivity contribution is 7.59. The lowest BCUT2D eigenvalue weighted by Gasteiger charge is -2.22. The van der Waals surface area contributed by atoms with E-state index in [4.69, 9.17) is 0 Å². The molecule has 0 fully saturated rings. The van der Waals surface area contributed by atoms with E-state index >= 15 is 0 Å². The van der Waals surface area contributed by atoms with Crippen LogP contribution in [0.2, 0.25) is 0 Å². The standard InChI is InChI=1S/C15H19NO.H2S/c1-11-8-9-14(10-15(11)17)16-12(2)13-6-4-3-5-7-13;/h3-7,10-12,16H,8-9H2,1-2H3;1H2/t11-,12+;/m1./s1. The molecule has 0 saturated heterocycles. The summed E-state index contributed by atoms with van der Waals surface area (Å²) in [5, 5.41) is 3.43. The average Bonchev–Trinajstić information content (AvgIpc) is 2.35. The molecule has 0 heterocycles. The Morgan fingerprint density at radius 3 is 2.56 bits per heavy atom. The summed E-state index contributed by atoms with van der Waals surface area (Å²) in [6, 6.07) is 10.5. The van der Waals surface area contributed by atoms with Crippen molar-refractivity contribution < 1.29 is 4.79 Å². The number of hydrogen-bond acceptors (Lipinski definition) is 2. The monoisotopic (exact) mass is 263 g/mol. The van der Waals surface area contributed by atoms with Crippen molar-refractivity contribution in [2.24, 2.45) is 5.92 Å². The Balaban J connectivity index is 0.00000162. The highest BCUT2D eigenvalue weighted by Crippen LogP contribution is 2.21. The first-order chi connectivity index (χ1) is 8.16. The Kier molecular flexibility index (Phi) is 5.48. The first-order valence-corrected chi connectivity index (χ1v) is 6.22. The highest BCUT2D eigenvalue weighted by atomic mass is 32.1. The van der Waals surface area contributed by atoms with Crippen LogP contribution in [0.25, 0.3) is 0 Å². The zero-order valence-corrected chi connectivity index (χ0v) is 11.9. The van der Waals surface area contributed by atoms with Gasteiger partial charge in [-0.15, -0.1) is 0 Å². The second kappa shape index (κ2) is 6.64. The molecule has 98 valence electrons. The van der Waals surface area contributed by atoms with E-state index in [1.54, 1.807) is 6.08 Å². The number of nitrogens with one attached hydrogen (secondary N) is 1. The van der Waals surface area contributed by atoms with Gasteiger partial charge in [0.25, 0.3) is 0 Å². The van der Waals surface area contributed by atoms with Crippen LogP contribution in [0.1, 0.15) is 38.3 Å². The molecule has 0 spiro atoms. The quantitative estimate of drug-likeness (QED) is 0.906. The third-order valence-electron chi connectivity index (χ3n) is 3.35. The topological polar surface area (TPSA) is 29.1 Å². The smallest absolute Gasteiger partial charge is 0.160 e. The number of hydrogen-bond donors (Lipinski definition) is 1. The predicted molar refractivity (Wildman–Crippen MR) is 79.9 cm³/mol. The van der Waals surface area contributed by atoms with E-state index in [0.29, 0.717) is 0 Å². The second-order valence-electron chi connectivity index (χ2n) is 4.79. The molecule has 0 bridgehead atoms. The number of carbonyl (C=O) groups is 1. The Labute approximate surface area is 116 Å². The summed E-state index contributed by atoms with van der Waals surface area (Å²) in [5.74, 6) is 0.437. The number of rotatable bonds is 3. The molecule has 2 nitrogen and oxygen atoms in total. The molecule has 0 unspecified atom stereocenters. The van der Waals surface area contributed by atoms with Crippen LogP contribution in [0.15, 0.2) is 42.1 Å². The van der Waals surface area contributed by atoms with Crippen LogP contribution < -0.4 is 5.32 Å². The summed E-state index contributed by atoms with van der Waals surface area (Å²) in [5.41, 5.74) is 2.32. The van der Waals surface area contributed by atoms with Crippen LogP contribution in [0.5, 0.6) is 0 Å². The van der Waals surface area contributed by atoms with Gasteiger partial charge < -0.3 is 5.32 Å². The van der Waals surface area contributed by atoms with Crippen LogP contribution in [0, 0.1) is 5.92 Å². The predicted octanol–water partition coefficient (Wildman–Crippen LogP) is 3.33. The zero-order valence-electron chi connectivity index (χ0n) is 10.9. The number of carbonyl (C=O) groups excluding carboxylic acids is 1. The third kappa shape index (κ3) is 3.64. The molecule has 1 aromatic carbocycles. The largest absolute Gasteiger partial charge is 0.382 e. The van der Waals surface area contributed by atoms with E-state index in [1.807, 2.05) is 25.1 Å². The van der Waals surface area contributed by atoms with E-state index in [0.717, 1.165) is 18.5 Å². The average molecular weight is 263 g/mol. The van der Waals surface area contributed by atoms with Gasteiger partial charge in [0.2, 0.25) is 0 Å². The van der Waals surface area contributed by atoms with Crippen LogP contribution >= 0.6 is 13.5 Å². The summed E-state index contributed by atoms with van der Waals surface area (Å²) in [4.78, 5) is 11.6. The molecular formula is C15H21NOS. The molecule has 0 saturated carbocycles. The summed E-state index contributed by atoms with van der Waals surface area (Å²) < 4.78 is 0. The lowest BCUT2D eigenvalue weighted by molar-refractivity contribution is -0.118. The van der Waals surface area contributed by atoms with Gasteiger partial charge in [-0.3, -0.25) is 4.79 Å². The Morgan fingerprint density at radius 2 is 1.94 bits per heavy atom. The maximum Gasteiger partial charge on any atom is 0.160 e. The second-order valence-corrected chi connectivity index (χ2v) is 4.79. The zero-order chi connectivity index (χ0) is 12.3. The molecule has 0 amide bonds. The minimum absolute atomic E-state index is 0. The van der Waals surface area contributed by atoms with Crippen molar-refractivity contribution >= 4 is 19.3 Å². The summed E-state index contributed by atoms with van der Waals surface area (Å²) in [6.45, 7) is 4.12. The molecule has 1 aliphatic carbocycles. The molecule has 0 aromatic heterocycles. The molecular weight excluding hydrogens is 242 g/mol. The van der Waals surface area contributed by atoms with Gasteiger partial charge in [-0.25, -0.2) is 0 Å². The van der Waals surface area contributed by atoms with Gasteiger partial charge in [-0.05, 0) is 25.3 Å². The van der Waals surface area contributed by atoms with E-state index in [9.17, 15) is 4.79 Å². The lowest BCUT2D eigenvalue weighted by atomic mass is 9.92. The molecule has 2 atom stereocenters. The molecule has 1 aliphatic rings. The van der Waals surface area contributed by atoms with Crippen molar-refractivity contribution in [1.29, 1.82) is 0 Å². The van der Waals surface area contributed by atoms with Crippen molar-refractivity contribution in [2.45, 2.75) is 32.7 Å². The molecule has 1 N–H and O–H groups in total. The number of ketones is 1. The molecule has 3 heteroatoms. The fourth-order valence-electron chi connectivity index (χ4n) is 2.12. The molecule has 0 radical (unpaired) electrons. The maximum atomic E-state index is 11.6. The normalized spacial score (nSPS) is 20.7. The molecule has 2 rings (SSSR count). The van der Waals surface area contributed by atoms with Gasteiger partial charge in [0, 0.05) is 23.7 Å². The third-order valence-corrected chi connectivity index (χ3v) is 3.35. The van der Waals surface area contributed by atoms with Crippen molar-refractivity contribution in [2.75, 3.05) is 0 Å². The molecule has 0 aliphatic heterocycles. The SMILES string of the molecule is C[C@@H]1CCC(N[C@@H](C)c2ccccc2)=CC1=O.S. The molecule has 18 heavy (non-hydrogen) atoms. The van der Waals surface area contributed by atoms with E-state index in [2.05, 4.69) is 24.4 Å². The van der Waals surface area contributed by atoms with Crippen molar-refractivity contribution in [3.05, 3.63) is 47.7 Å². The number of allylic oxidation sites excluding steroid dienone is 2. The van der Waals surface area contributed by atoms with Gasteiger partial charge in [0.1, 0.15) is 0 Å². The summed E-state index contributed by atoms with van der Waals surface area (Å²) in [7, 11) is 0. The van der Waals surface area contributed by atoms with Gasteiger partial charge in [-0.2, -0.15) is 13.5 Å². The van der Waals surface area contributed by atoms with Gasteiger partial charge in [-0.1, -0.05) is 37.3 Å². The maximum absolute atomic E-state index is 11.6. The Bertz CT molecular complexity index is 427. The Hall–Kier alpha value is -1.22. The van der Waals surface area contributed by atoms with Crippen LogP contribution in [0.3, 0.4) is 0 Å². The summed E-state index contributed by atoms with van der Waals surface area (Å²) >= 11 is 0. The number of benzene rings is 1. The van der Waals surface area contributed by atoms with Crippen molar-refractivity contribution in [3.8, 4) is 0 Å². The van der Waals surface area contributed by atoms with Gasteiger partial charge in [0.15, 0.2) is 5.78 Å². The van der Waals surface area contributed by atoms with E-state index in [-0.39, 0.29) is 31.2 Å². The van der Waals surface area contributed by atoms with E-state index in [1.165, 1.54) is 5.56 Å². The first-order valence-electron chi connectivity index (χ1n) is 6.22. The van der Waals surface area contributed by atoms with Crippen LogP contribution in [0.4, 0.5) is 0 Å². The first kappa shape index (κ1) is 14.8. The minimum atomic E-state index is 0. The summed E-state index contributed by atoms with van der Waals surface area (Å²) in [6.07, 6.45) is 3.71. The van der Waals surface area contributed by atoms with Crippen LogP contribution in [-0.4, -0.2) is 5.78 Å². The Morgan fingerprint density at radius 1 is 1.28 bits per heavy atom. The minimum Gasteiger partial charge on any atom is -0.382 e. The lowest BCUT2D eigenvalue weighted by Crippen LogP contribution is -2.24.